The number of thiol groups is 1. The number of aromatic nitrogens is 2. The zero-order valence-electron chi connectivity index (χ0n) is 13.0. The highest BCUT2D eigenvalue weighted by Gasteiger charge is 2.15. The molecule has 1 aromatic heterocycles. The van der Waals surface area contributed by atoms with Crippen LogP contribution in [-0.4, -0.2) is 21.6 Å². The number of carbonyl (C=O) groups is 2. The van der Waals surface area contributed by atoms with Gasteiger partial charge in [-0.3, -0.25) is 0 Å². The predicted octanol–water partition coefficient (Wildman–Crippen LogP) is 4.29. The number of nitrogens with zero attached hydrogens (tertiary/aromatic N) is 3. The molecule has 0 atom stereocenters. The van der Waals surface area contributed by atoms with E-state index in [0.717, 1.165) is 15.8 Å². The summed E-state index contributed by atoms with van der Waals surface area (Å²) in [6.45, 7) is 0. The van der Waals surface area contributed by atoms with E-state index in [1.807, 2.05) is 0 Å². The van der Waals surface area contributed by atoms with Gasteiger partial charge in [0.05, 0.1) is 16.4 Å². The van der Waals surface area contributed by atoms with Crippen LogP contribution in [0.3, 0.4) is 0 Å². The van der Waals surface area contributed by atoms with Crippen LogP contribution in [0.5, 0.6) is 5.75 Å². The number of para-hydroxylation sites is 1. The molecule has 0 fully saturated rings. The monoisotopic (exact) mass is 406 g/mol. The van der Waals surface area contributed by atoms with Crippen molar-refractivity contribution in [1.29, 1.82) is 0 Å². The minimum atomic E-state index is -0.606. The molecule has 26 heavy (non-hydrogen) atoms. The first-order chi connectivity index (χ1) is 12.5. The van der Waals surface area contributed by atoms with Gasteiger partial charge in [-0.2, -0.15) is 0 Å². The van der Waals surface area contributed by atoms with Crippen LogP contribution in [0.25, 0.3) is 0 Å². The van der Waals surface area contributed by atoms with E-state index >= 15 is 0 Å². The average Bonchev–Trinajstić information content (AvgIpc) is 3.18. The maximum Gasteiger partial charge on any atom is 0.365 e. The van der Waals surface area contributed by atoms with Crippen molar-refractivity contribution < 1.29 is 14.3 Å². The zero-order valence-corrected chi connectivity index (χ0v) is 15.5. The maximum atomic E-state index is 12.3. The molecule has 0 unspecified atom stereocenters. The number of amides is 2. The van der Waals surface area contributed by atoms with E-state index in [0.29, 0.717) is 22.1 Å². The molecule has 3 rings (SSSR count). The van der Waals surface area contributed by atoms with Crippen molar-refractivity contribution in [2.45, 2.75) is 0 Å². The molecule has 0 saturated carbocycles. The van der Waals surface area contributed by atoms with Crippen LogP contribution in [0.4, 0.5) is 16.2 Å². The standard InChI is InChI=1S/C16H11ClN4O3S2/c17-12-3-1-2-4-13(12)18-16(23)21(25)10-5-7-11(8-6-10)24-15(22)14-9-26-20-19-14/h1-9,25H,(H,18,23). The van der Waals surface area contributed by atoms with Crippen molar-refractivity contribution in [3.63, 3.8) is 0 Å². The van der Waals surface area contributed by atoms with Crippen molar-refractivity contribution in [1.82, 2.24) is 9.59 Å². The Kier molecular flexibility index (Phi) is 5.71. The number of esters is 1. The molecule has 0 radical (unpaired) electrons. The molecule has 2 amide bonds. The van der Waals surface area contributed by atoms with E-state index in [1.54, 1.807) is 48.5 Å². The summed E-state index contributed by atoms with van der Waals surface area (Å²) in [7, 11) is 0. The molecule has 7 nitrogen and oxygen atoms in total. The Morgan fingerprint density at radius 3 is 2.54 bits per heavy atom. The van der Waals surface area contributed by atoms with Gasteiger partial charge < -0.3 is 10.1 Å². The van der Waals surface area contributed by atoms with Crippen molar-refractivity contribution in [2.75, 3.05) is 9.62 Å². The van der Waals surface area contributed by atoms with Crippen LogP contribution in [0.1, 0.15) is 10.5 Å². The van der Waals surface area contributed by atoms with Crippen LogP contribution < -0.4 is 14.4 Å². The van der Waals surface area contributed by atoms with Gasteiger partial charge in [-0.1, -0.05) is 41.0 Å². The molecule has 132 valence electrons. The lowest BCUT2D eigenvalue weighted by Crippen LogP contribution is -2.26. The smallest absolute Gasteiger partial charge is 0.365 e. The summed E-state index contributed by atoms with van der Waals surface area (Å²) in [5.74, 6) is -0.300. The summed E-state index contributed by atoms with van der Waals surface area (Å²) < 4.78 is 9.88. The van der Waals surface area contributed by atoms with Gasteiger partial charge in [0, 0.05) is 5.38 Å². The Morgan fingerprint density at radius 2 is 1.88 bits per heavy atom. The number of nitrogens with one attached hydrogen (secondary N) is 1. The summed E-state index contributed by atoms with van der Waals surface area (Å²) in [5, 5.41) is 8.20. The van der Waals surface area contributed by atoms with Crippen molar-refractivity contribution in [3.8, 4) is 5.75 Å². The van der Waals surface area contributed by atoms with Gasteiger partial charge in [0.15, 0.2) is 5.69 Å². The summed E-state index contributed by atoms with van der Waals surface area (Å²) in [6.07, 6.45) is 0. The van der Waals surface area contributed by atoms with Gasteiger partial charge in [-0.15, -0.1) is 5.10 Å². The number of halogens is 1. The first-order valence-electron chi connectivity index (χ1n) is 7.18. The summed E-state index contributed by atoms with van der Waals surface area (Å²) >= 11 is 11.3. The van der Waals surface area contributed by atoms with Crippen LogP contribution in [0.15, 0.2) is 53.9 Å². The third-order valence-corrected chi connectivity index (χ3v) is 4.42. The molecular formula is C16H11ClN4O3S2. The third kappa shape index (κ3) is 4.31. The minimum Gasteiger partial charge on any atom is -0.422 e. The summed E-state index contributed by atoms with van der Waals surface area (Å²) in [6, 6.07) is 12.6. The number of hydrogen-bond donors (Lipinski definition) is 2. The third-order valence-electron chi connectivity index (χ3n) is 3.17. The zero-order chi connectivity index (χ0) is 18.5. The number of urea groups is 1. The Balaban J connectivity index is 1.65. The fourth-order valence-electron chi connectivity index (χ4n) is 1.92. The fourth-order valence-corrected chi connectivity index (χ4v) is 2.71. The molecule has 2 aromatic carbocycles. The second-order valence-electron chi connectivity index (χ2n) is 4.90. The predicted molar refractivity (Wildman–Crippen MR) is 103 cm³/mol. The Hall–Kier alpha value is -2.62. The van der Waals surface area contributed by atoms with Crippen LogP contribution in [0.2, 0.25) is 5.02 Å². The van der Waals surface area contributed by atoms with Crippen LogP contribution in [0, 0.1) is 0 Å². The number of carbonyl (C=O) groups excluding carboxylic acids is 2. The molecule has 0 aliphatic carbocycles. The summed E-state index contributed by atoms with van der Waals surface area (Å²) in [4.78, 5) is 24.1. The Labute approximate surface area is 163 Å². The first kappa shape index (κ1) is 18.2. The molecule has 0 aliphatic heterocycles. The largest absolute Gasteiger partial charge is 0.422 e. The van der Waals surface area contributed by atoms with Gasteiger partial charge in [0.25, 0.3) is 0 Å². The molecule has 0 spiro atoms. The molecule has 1 N–H and O–H groups in total. The van der Waals surface area contributed by atoms with E-state index in [4.69, 9.17) is 16.3 Å². The second-order valence-corrected chi connectivity index (χ2v) is 6.31. The van der Waals surface area contributed by atoms with Gasteiger partial charge in [-0.05, 0) is 47.9 Å². The van der Waals surface area contributed by atoms with Crippen LogP contribution >= 0.6 is 35.9 Å². The minimum absolute atomic E-state index is 0.133. The summed E-state index contributed by atoms with van der Waals surface area (Å²) in [5.41, 5.74) is 1.09. The van der Waals surface area contributed by atoms with Gasteiger partial charge in [0.2, 0.25) is 0 Å². The quantitative estimate of drug-likeness (QED) is 0.383. The molecule has 0 bridgehead atoms. The lowest BCUT2D eigenvalue weighted by Gasteiger charge is -2.17. The highest BCUT2D eigenvalue weighted by Crippen LogP contribution is 2.25. The lowest BCUT2D eigenvalue weighted by atomic mass is 10.3. The average molecular weight is 407 g/mol. The molecule has 1 heterocycles. The Morgan fingerprint density at radius 1 is 1.15 bits per heavy atom. The van der Waals surface area contributed by atoms with E-state index in [-0.39, 0.29) is 5.69 Å². The van der Waals surface area contributed by atoms with E-state index in [9.17, 15) is 9.59 Å². The van der Waals surface area contributed by atoms with E-state index < -0.39 is 12.0 Å². The van der Waals surface area contributed by atoms with E-state index in [1.165, 1.54) is 5.38 Å². The van der Waals surface area contributed by atoms with Crippen molar-refractivity contribution >= 4 is 59.3 Å². The second kappa shape index (κ2) is 8.17. The molecule has 10 heteroatoms. The van der Waals surface area contributed by atoms with Gasteiger partial charge >= 0.3 is 12.0 Å². The maximum absolute atomic E-state index is 12.3. The molecule has 0 saturated heterocycles. The van der Waals surface area contributed by atoms with Gasteiger partial charge in [0.1, 0.15) is 5.75 Å². The molecule has 3 aromatic rings. The molecule has 0 aliphatic rings. The van der Waals surface area contributed by atoms with E-state index in [2.05, 4.69) is 27.7 Å². The number of benzene rings is 2. The topological polar surface area (TPSA) is 84.4 Å². The van der Waals surface area contributed by atoms with Crippen LogP contribution in [-0.2, 0) is 0 Å². The lowest BCUT2D eigenvalue weighted by molar-refractivity contribution is 0.0728. The van der Waals surface area contributed by atoms with Crippen molar-refractivity contribution in [2.24, 2.45) is 0 Å². The highest BCUT2D eigenvalue weighted by atomic mass is 35.5. The Bertz CT molecular complexity index is 920. The number of rotatable bonds is 4. The van der Waals surface area contributed by atoms with Gasteiger partial charge in [-0.25, -0.2) is 13.9 Å². The molecular weight excluding hydrogens is 396 g/mol. The SMILES string of the molecule is O=C(Oc1ccc(N(S)C(=O)Nc2ccccc2Cl)cc1)c1csnn1. The highest BCUT2D eigenvalue weighted by molar-refractivity contribution is 7.82. The number of ether oxygens (including phenoxy) is 1. The first-order valence-corrected chi connectivity index (χ1v) is 8.80. The fraction of sp³-hybridized carbons (Fsp3) is 0. The number of hydrogen-bond acceptors (Lipinski definition) is 7. The number of anilines is 2. The van der Waals surface area contributed by atoms with Crippen molar-refractivity contribution in [3.05, 3.63) is 64.6 Å². The normalized spacial score (nSPS) is 10.2.